The lowest BCUT2D eigenvalue weighted by atomic mass is 10.2. The zero-order valence-corrected chi connectivity index (χ0v) is 17.9. The smallest absolute Gasteiger partial charge is 0.270 e. The summed E-state index contributed by atoms with van der Waals surface area (Å²) < 4.78 is 13.8. The van der Waals surface area contributed by atoms with Gasteiger partial charge in [0.1, 0.15) is 5.82 Å². The molecule has 0 aliphatic heterocycles. The lowest BCUT2D eigenvalue weighted by Gasteiger charge is -2.16. The van der Waals surface area contributed by atoms with Crippen molar-refractivity contribution in [2.75, 3.05) is 10.6 Å². The number of carbonyl (C=O) groups excluding carboxylic acids is 2. The van der Waals surface area contributed by atoms with Crippen molar-refractivity contribution in [2.24, 2.45) is 0 Å². The van der Waals surface area contributed by atoms with Crippen LogP contribution in [0.15, 0.2) is 77.7 Å². The number of carbonyl (C=O) groups is 2. The molecule has 7 nitrogen and oxygen atoms in total. The van der Waals surface area contributed by atoms with E-state index in [1.807, 2.05) is 6.92 Å². The Morgan fingerprint density at radius 3 is 2.50 bits per heavy atom. The number of thioether (sulfide) groups is 1. The van der Waals surface area contributed by atoms with Crippen LogP contribution < -0.4 is 10.6 Å². The van der Waals surface area contributed by atoms with E-state index >= 15 is 0 Å². The SMILES string of the molecule is CCC(Sc1cccc(NC(=O)c2cccc([N+](=O)[O-])c2)c1)C(=O)Nc1ccccc1F. The molecule has 32 heavy (non-hydrogen) atoms. The van der Waals surface area contributed by atoms with Crippen molar-refractivity contribution >= 4 is 40.6 Å². The molecular formula is C23H20FN3O4S. The van der Waals surface area contributed by atoms with E-state index in [9.17, 15) is 24.1 Å². The molecule has 3 rings (SSSR count). The van der Waals surface area contributed by atoms with Gasteiger partial charge in [0, 0.05) is 28.3 Å². The summed E-state index contributed by atoms with van der Waals surface area (Å²) in [5.74, 6) is -1.32. The van der Waals surface area contributed by atoms with Gasteiger partial charge in [0.15, 0.2) is 0 Å². The van der Waals surface area contributed by atoms with Crippen LogP contribution in [0.4, 0.5) is 21.5 Å². The van der Waals surface area contributed by atoms with Crippen LogP contribution in [0.3, 0.4) is 0 Å². The number of para-hydroxylation sites is 1. The molecule has 2 amide bonds. The highest BCUT2D eigenvalue weighted by Gasteiger charge is 2.19. The van der Waals surface area contributed by atoms with Crippen LogP contribution in [0.2, 0.25) is 0 Å². The Morgan fingerprint density at radius 2 is 1.78 bits per heavy atom. The number of nitro groups is 1. The third kappa shape index (κ3) is 5.92. The van der Waals surface area contributed by atoms with Crippen molar-refractivity contribution in [2.45, 2.75) is 23.5 Å². The van der Waals surface area contributed by atoms with Gasteiger partial charge in [0.2, 0.25) is 5.91 Å². The van der Waals surface area contributed by atoms with E-state index in [0.717, 1.165) is 4.90 Å². The highest BCUT2D eigenvalue weighted by atomic mass is 32.2. The summed E-state index contributed by atoms with van der Waals surface area (Å²) in [6.07, 6.45) is 0.509. The number of hydrogen-bond acceptors (Lipinski definition) is 5. The molecule has 0 aliphatic carbocycles. The van der Waals surface area contributed by atoms with Gasteiger partial charge in [-0.05, 0) is 42.8 Å². The predicted molar refractivity (Wildman–Crippen MR) is 122 cm³/mol. The second-order valence-electron chi connectivity index (χ2n) is 6.77. The molecule has 0 saturated carbocycles. The van der Waals surface area contributed by atoms with Gasteiger partial charge in [0.05, 0.1) is 15.9 Å². The number of rotatable bonds is 8. The summed E-state index contributed by atoms with van der Waals surface area (Å²) in [5, 5.41) is 15.8. The number of nitro benzene ring substituents is 1. The Hall–Kier alpha value is -3.72. The lowest BCUT2D eigenvalue weighted by molar-refractivity contribution is -0.384. The van der Waals surface area contributed by atoms with E-state index in [2.05, 4.69) is 10.6 Å². The molecule has 2 N–H and O–H groups in total. The van der Waals surface area contributed by atoms with E-state index in [0.29, 0.717) is 12.1 Å². The first-order valence-corrected chi connectivity index (χ1v) is 10.6. The summed E-state index contributed by atoms with van der Waals surface area (Å²) in [6.45, 7) is 1.85. The van der Waals surface area contributed by atoms with Crippen LogP contribution in [-0.4, -0.2) is 22.0 Å². The minimum absolute atomic E-state index is 0.120. The largest absolute Gasteiger partial charge is 0.323 e. The van der Waals surface area contributed by atoms with Crippen LogP contribution in [0.1, 0.15) is 23.7 Å². The van der Waals surface area contributed by atoms with Gasteiger partial charge in [-0.2, -0.15) is 0 Å². The maximum absolute atomic E-state index is 13.8. The highest BCUT2D eigenvalue weighted by molar-refractivity contribution is 8.00. The van der Waals surface area contributed by atoms with Gasteiger partial charge in [-0.1, -0.05) is 31.2 Å². The normalized spacial score (nSPS) is 11.4. The minimum Gasteiger partial charge on any atom is -0.323 e. The molecule has 9 heteroatoms. The molecule has 0 spiro atoms. The van der Waals surface area contributed by atoms with E-state index in [-0.39, 0.29) is 22.8 Å². The number of nitrogens with one attached hydrogen (secondary N) is 2. The van der Waals surface area contributed by atoms with Crippen LogP contribution in [-0.2, 0) is 4.79 Å². The number of non-ortho nitro benzene ring substituents is 1. The van der Waals surface area contributed by atoms with Crippen LogP contribution in [0, 0.1) is 15.9 Å². The predicted octanol–water partition coefficient (Wildman–Crippen LogP) is 5.50. The van der Waals surface area contributed by atoms with Gasteiger partial charge in [0.25, 0.3) is 11.6 Å². The standard InChI is InChI=1S/C23H20FN3O4S/c1-2-21(23(29)26-20-12-4-3-11-19(20)24)32-18-10-6-8-16(14-18)25-22(28)15-7-5-9-17(13-15)27(30)31/h3-14,21H,2H2,1H3,(H,25,28)(H,26,29). The molecule has 164 valence electrons. The molecule has 1 unspecified atom stereocenters. The number of nitrogens with zero attached hydrogens (tertiary/aromatic N) is 1. The fraction of sp³-hybridized carbons (Fsp3) is 0.130. The maximum atomic E-state index is 13.8. The third-order valence-electron chi connectivity index (χ3n) is 4.48. The van der Waals surface area contributed by atoms with Crippen molar-refractivity contribution in [3.63, 3.8) is 0 Å². The molecular weight excluding hydrogens is 433 g/mol. The quantitative estimate of drug-likeness (QED) is 0.267. The Kier molecular flexibility index (Phi) is 7.56. The fourth-order valence-electron chi connectivity index (χ4n) is 2.87. The summed E-state index contributed by atoms with van der Waals surface area (Å²) >= 11 is 1.29. The van der Waals surface area contributed by atoms with E-state index in [1.165, 1.54) is 48.2 Å². The zero-order chi connectivity index (χ0) is 23.1. The number of hydrogen-bond donors (Lipinski definition) is 2. The molecule has 0 radical (unpaired) electrons. The molecule has 0 aromatic heterocycles. The van der Waals surface area contributed by atoms with E-state index in [4.69, 9.17) is 0 Å². The van der Waals surface area contributed by atoms with Crippen LogP contribution in [0.5, 0.6) is 0 Å². The van der Waals surface area contributed by atoms with Gasteiger partial charge >= 0.3 is 0 Å². The number of amides is 2. The van der Waals surface area contributed by atoms with Gasteiger partial charge < -0.3 is 10.6 Å². The summed E-state index contributed by atoms with van der Waals surface area (Å²) in [5.41, 5.74) is 0.590. The van der Waals surface area contributed by atoms with Crippen molar-refractivity contribution < 1.29 is 18.9 Å². The van der Waals surface area contributed by atoms with Crippen molar-refractivity contribution in [1.29, 1.82) is 0 Å². The number of benzene rings is 3. The molecule has 3 aromatic rings. The van der Waals surface area contributed by atoms with Crippen LogP contribution in [0.25, 0.3) is 0 Å². The van der Waals surface area contributed by atoms with Gasteiger partial charge in [-0.3, -0.25) is 19.7 Å². The summed E-state index contributed by atoms with van der Waals surface area (Å²) in [4.78, 5) is 36.2. The molecule has 0 heterocycles. The first-order valence-electron chi connectivity index (χ1n) is 9.75. The van der Waals surface area contributed by atoms with Gasteiger partial charge in [-0.15, -0.1) is 11.8 Å². The van der Waals surface area contributed by atoms with Gasteiger partial charge in [-0.25, -0.2) is 4.39 Å². The number of halogens is 1. The minimum atomic E-state index is -0.564. The Morgan fingerprint density at radius 1 is 1.03 bits per heavy atom. The maximum Gasteiger partial charge on any atom is 0.270 e. The monoisotopic (exact) mass is 453 g/mol. The first kappa shape index (κ1) is 23.0. The third-order valence-corrected chi connectivity index (χ3v) is 5.84. The molecule has 0 aliphatic rings. The Bertz CT molecular complexity index is 1160. The van der Waals surface area contributed by atoms with Crippen molar-refractivity contribution in [3.05, 3.63) is 94.3 Å². The molecule has 0 fully saturated rings. The highest BCUT2D eigenvalue weighted by Crippen LogP contribution is 2.29. The second-order valence-corrected chi connectivity index (χ2v) is 8.05. The molecule has 0 bridgehead atoms. The fourth-order valence-corrected chi connectivity index (χ4v) is 3.89. The first-order chi connectivity index (χ1) is 15.4. The Labute approximate surface area is 188 Å². The second kappa shape index (κ2) is 10.5. The Balaban J connectivity index is 1.69. The molecule has 3 aromatic carbocycles. The molecule has 0 saturated heterocycles. The van der Waals surface area contributed by atoms with E-state index < -0.39 is 21.9 Å². The molecule has 1 atom stereocenters. The van der Waals surface area contributed by atoms with E-state index in [1.54, 1.807) is 36.4 Å². The lowest BCUT2D eigenvalue weighted by Crippen LogP contribution is -2.25. The average Bonchev–Trinajstić information content (AvgIpc) is 2.79. The average molecular weight is 453 g/mol. The van der Waals surface area contributed by atoms with Crippen LogP contribution >= 0.6 is 11.8 Å². The summed E-state index contributed by atoms with van der Waals surface area (Å²) in [7, 11) is 0. The summed E-state index contributed by atoms with van der Waals surface area (Å²) in [6, 6.07) is 18.3. The van der Waals surface area contributed by atoms with Crippen molar-refractivity contribution in [1.82, 2.24) is 0 Å². The topological polar surface area (TPSA) is 101 Å². The van der Waals surface area contributed by atoms with Crippen molar-refractivity contribution in [3.8, 4) is 0 Å². The number of anilines is 2. The zero-order valence-electron chi connectivity index (χ0n) is 17.1.